The van der Waals surface area contributed by atoms with Crippen molar-refractivity contribution in [2.24, 2.45) is 0 Å². The molecular formula is C27H24ClNO4. The molecule has 1 aromatic heterocycles. The zero-order valence-corrected chi connectivity index (χ0v) is 19.3. The zero-order chi connectivity index (χ0) is 22.9. The summed E-state index contributed by atoms with van der Waals surface area (Å²) in [5, 5.41) is 1.27. The molecule has 0 unspecified atom stereocenters. The molecule has 0 bridgehead atoms. The summed E-state index contributed by atoms with van der Waals surface area (Å²) in [7, 11) is 3.28. The van der Waals surface area contributed by atoms with Crippen LogP contribution in [0, 0.1) is 0 Å². The molecule has 3 aromatic carbocycles. The topological polar surface area (TPSA) is 51.9 Å². The Labute approximate surface area is 197 Å². The van der Waals surface area contributed by atoms with Crippen LogP contribution < -0.4 is 14.9 Å². The zero-order valence-electron chi connectivity index (χ0n) is 18.5. The molecule has 168 valence electrons. The van der Waals surface area contributed by atoms with Gasteiger partial charge in [0, 0.05) is 23.7 Å². The Morgan fingerprint density at radius 1 is 1.03 bits per heavy atom. The Morgan fingerprint density at radius 3 is 2.61 bits per heavy atom. The van der Waals surface area contributed by atoms with Crippen LogP contribution in [0.1, 0.15) is 28.3 Å². The number of methoxy groups -OCH3 is 2. The van der Waals surface area contributed by atoms with Crippen molar-refractivity contribution in [3.05, 3.63) is 104 Å². The van der Waals surface area contributed by atoms with Crippen LogP contribution >= 0.6 is 11.6 Å². The minimum Gasteiger partial charge on any atom is -0.493 e. The molecule has 1 atom stereocenters. The second-order valence-electron chi connectivity index (χ2n) is 8.17. The molecule has 4 aromatic rings. The summed E-state index contributed by atoms with van der Waals surface area (Å²) in [5.41, 5.74) is 4.59. The minimum absolute atomic E-state index is 0.000183. The maximum absolute atomic E-state index is 13.2. The van der Waals surface area contributed by atoms with Gasteiger partial charge in [-0.15, -0.1) is 0 Å². The molecule has 1 aliphatic heterocycles. The molecule has 0 amide bonds. The normalized spacial score (nSPS) is 15.9. The molecule has 5 rings (SSSR count). The monoisotopic (exact) mass is 461 g/mol. The fourth-order valence-corrected chi connectivity index (χ4v) is 4.88. The summed E-state index contributed by atoms with van der Waals surface area (Å²) in [6.07, 6.45) is 2.41. The fraction of sp³-hybridized carbons (Fsp3) is 0.222. The van der Waals surface area contributed by atoms with E-state index in [0.717, 1.165) is 24.1 Å². The molecule has 0 radical (unpaired) electrons. The van der Waals surface area contributed by atoms with Gasteiger partial charge in [0.1, 0.15) is 5.58 Å². The van der Waals surface area contributed by atoms with Crippen LogP contribution in [-0.4, -0.2) is 25.7 Å². The van der Waals surface area contributed by atoms with Crippen LogP contribution in [0.4, 0.5) is 0 Å². The van der Waals surface area contributed by atoms with Crippen LogP contribution in [0.3, 0.4) is 0 Å². The van der Waals surface area contributed by atoms with Crippen molar-refractivity contribution in [2.45, 2.75) is 19.0 Å². The summed E-state index contributed by atoms with van der Waals surface area (Å²) >= 11 is 6.37. The average molecular weight is 462 g/mol. The summed E-state index contributed by atoms with van der Waals surface area (Å²) in [6.45, 7) is 1.23. The third kappa shape index (κ3) is 3.99. The standard InChI is InChI=1S/C27H24ClNO4/c1-31-24-13-17-10-11-29(15-19-16-33-23-9-4-3-8-21(23)27(19)30)26(22(17)14-25(24)32-2)18-6-5-7-20(28)12-18/h3-9,12-14,16,26H,10-11,15H2,1-2H3/t26-/m1/s1. The van der Waals surface area contributed by atoms with Crippen molar-refractivity contribution in [3.63, 3.8) is 0 Å². The highest BCUT2D eigenvalue weighted by Crippen LogP contribution is 2.41. The van der Waals surface area contributed by atoms with Gasteiger partial charge in [-0.2, -0.15) is 0 Å². The molecular weight excluding hydrogens is 438 g/mol. The summed E-state index contributed by atoms with van der Waals surface area (Å²) in [6, 6.07) is 19.2. The van der Waals surface area contributed by atoms with Crippen LogP contribution in [0.2, 0.25) is 5.02 Å². The molecule has 33 heavy (non-hydrogen) atoms. The van der Waals surface area contributed by atoms with Crippen LogP contribution in [0.5, 0.6) is 11.5 Å². The van der Waals surface area contributed by atoms with E-state index in [-0.39, 0.29) is 11.5 Å². The third-order valence-electron chi connectivity index (χ3n) is 6.26. The lowest BCUT2D eigenvalue weighted by molar-refractivity contribution is 0.201. The fourth-order valence-electron chi connectivity index (χ4n) is 4.68. The third-order valence-corrected chi connectivity index (χ3v) is 6.50. The van der Waals surface area contributed by atoms with Gasteiger partial charge >= 0.3 is 0 Å². The highest BCUT2D eigenvalue weighted by molar-refractivity contribution is 6.30. The molecule has 0 aliphatic carbocycles. The van der Waals surface area contributed by atoms with Crippen LogP contribution in [-0.2, 0) is 13.0 Å². The van der Waals surface area contributed by atoms with E-state index >= 15 is 0 Å². The van der Waals surface area contributed by atoms with E-state index in [9.17, 15) is 4.79 Å². The lowest BCUT2D eigenvalue weighted by atomic mass is 9.87. The van der Waals surface area contributed by atoms with Gasteiger partial charge in [0.25, 0.3) is 0 Å². The van der Waals surface area contributed by atoms with E-state index < -0.39 is 0 Å². The molecule has 0 spiro atoms. The number of hydrogen-bond donors (Lipinski definition) is 0. The molecule has 5 nitrogen and oxygen atoms in total. The van der Waals surface area contributed by atoms with E-state index in [0.29, 0.717) is 39.6 Å². The lowest BCUT2D eigenvalue weighted by Gasteiger charge is -2.38. The van der Waals surface area contributed by atoms with E-state index in [1.807, 2.05) is 54.6 Å². The smallest absolute Gasteiger partial charge is 0.197 e. The number of halogens is 1. The molecule has 0 fully saturated rings. The maximum Gasteiger partial charge on any atom is 0.197 e. The summed E-state index contributed by atoms with van der Waals surface area (Å²) in [4.78, 5) is 15.5. The number of hydrogen-bond acceptors (Lipinski definition) is 5. The van der Waals surface area contributed by atoms with Gasteiger partial charge in [-0.05, 0) is 59.5 Å². The van der Waals surface area contributed by atoms with Crippen molar-refractivity contribution in [2.75, 3.05) is 20.8 Å². The summed E-state index contributed by atoms with van der Waals surface area (Å²) < 4.78 is 16.9. The number of rotatable bonds is 5. The molecule has 0 N–H and O–H groups in total. The van der Waals surface area contributed by atoms with E-state index in [1.165, 1.54) is 5.56 Å². The molecule has 2 heterocycles. The Hall–Kier alpha value is -3.28. The first-order valence-electron chi connectivity index (χ1n) is 10.8. The van der Waals surface area contributed by atoms with E-state index in [4.69, 9.17) is 25.5 Å². The van der Waals surface area contributed by atoms with Gasteiger partial charge < -0.3 is 13.9 Å². The molecule has 1 aliphatic rings. The van der Waals surface area contributed by atoms with Crippen molar-refractivity contribution in [3.8, 4) is 11.5 Å². The minimum atomic E-state index is -0.0990. The first-order chi connectivity index (χ1) is 16.1. The average Bonchev–Trinajstić information content (AvgIpc) is 2.84. The van der Waals surface area contributed by atoms with Gasteiger partial charge in [0.2, 0.25) is 0 Å². The first-order valence-corrected chi connectivity index (χ1v) is 11.2. The highest BCUT2D eigenvalue weighted by Gasteiger charge is 2.31. The Balaban J connectivity index is 1.62. The molecule has 6 heteroatoms. The number of para-hydroxylation sites is 1. The van der Waals surface area contributed by atoms with Crippen molar-refractivity contribution < 1.29 is 13.9 Å². The Bertz CT molecular complexity index is 1380. The van der Waals surface area contributed by atoms with Crippen molar-refractivity contribution in [1.82, 2.24) is 4.90 Å². The largest absolute Gasteiger partial charge is 0.493 e. The van der Waals surface area contributed by atoms with Crippen LogP contribution in [0.25, 0.3) is 11.0 Å². The Morgan fingerprint density at radius 2 is 1.82 bits per heavy atom. The molecule has 0 saturated heterocycles. The second-order valence-corrected chi connectivity index (χ2v) is 8.61. The predicted molar refractivity (Wildman–Crippen MR) is 129 cm³/mol. The predicted octanol–water partition coefficient (Wildman–Crippen LogP) is 5.61. The first kappa shape index (κ1) is 21.6. The highest BCUT2D eigenvalue weighted by atomic mass is 35.5. The SMILES string of the molecule is COc1cc2c(cc1OC)[C@@H](c1cccc(Cl)c1)N(Cc1coc3ccccc3c1=O)CC2. The van der Waals surface area contributed by atoms with E-state index in [2.05, 4.69) is 11.0 Å². The van der Waals surface area contributed by atoms with E-state index in [1.54, 1.807) is 20.5 Å². The molecule has 0 saturated carbocycles. The quantitative estimate of drug-likeness (QED) is 0.386. The number of nitrogens with zero attached hydrogens (tertiary/aromatic N) is 1. The number of benzene rings is 3. The van der Waals surface area contributed by atoms with Gasteiger partial charge in [-0.3, -0.25) is 9.69 Å². The number of ether oxygens (including phenoxy) is 2. The van der Waals surface area contributed by atoms with Gasteiger partial charge in [0.05, 0.1) is 31.9 Å². The van der Waals surface area contributed by atoms with Crippen LogP contribution in [0.15, 0.2) is 76.1 Å². The second kappa shape index (κ2) is 8.93. The summed E-state index contributed by atoms with van der Waals surface area (Å²) in [5.74, 6) is 1.39. The van der Waals surface area contributed by atoms with Gasteiger partial charge in [-0.25, -0.2) is 0 Å². The van der Waals surface area contributed by atoms with Gasteiger partial charge in [-0.1, -0.05) is 35.9 Å². The number of fused-ring (bicyclic) bond motifs is 2. The lowest BCUT2D eigenvalue weighted by Crippen LogP contribution is -2.37. The van der Waals surface area contributed by atoms with Crippen molar-refractivity contribution >= 4 is 22.6 Å². The van der Waals surface area contributed by atoms with Crippen molar-refractivity contribution in [1.29, 1.82) is 0 Å². The Kier molecular flexibility index (Phi) is 5.83. The maximum atomic E-state index is 13.2. The van der Waals surface area contributed by atoms with Gasteiger partial charge in [0.15, 0.2) is 16.9 Å².